The summed E-state index contributed by atoms with van der Waals surface area (Å²) in [6.07, 6.45) is 1.59. The number of carbonyl (C=O) groups excluding carboxylic acids is 1. The molecule has 2 aromatic carbocycles. The van der Waals surface area contributed by atoms with Crippen molar-refractivity contribution in [2.75, 3.05) is 6.79 Å². The van der Waals surface area contributed by atoms with Crippen LogP contribution in [0.1, 0.15) is 21.5 Å². The molecule has 0 bridgehead atoms. The molecule has 1 aliphatic rings. The minimum atomic E-state index is -0.332. The van der Waals surface area contributed by atoms with Crippen LogP contribution < -0.4 is 9.47 Å². The summed E-state index contributed by atoms with van der Waals surface area (Å²) < 4.78 is 10.5. The Morgan fingerprint density at radius 2 is 1.86 bits per heavy atom. The Balaban J connectivity index is 1.92. The number of benzene rings is 2. The Kier molecular flexibility index (Phi) is 3.63. The second kappa shape index (κ2) is 5.74. The molecular weight excluding hydrogens is 278 g/mol. The molecule has 3 rings (SSSR count). The van der Waals surface area contributed by atoms with E-state index in [2.05, 4.69) is 0 Å². The zero-order valence-electron chi connectivity index (χ0n) is 12.0. The summed E-state index contributed by atoms with van der Waals surface area (Å²) in [4.78, 5) is 12.5. The van der Waals surface area contributed by atoms with Crippen LogP contribution in [0.2, 0.25) is 0 Å². The molecule has 0 fully saturated rings. The number of carbonyl (C=O) groups is 1. The molecule has 0 saturated heterocycles. The normalized spacial score (nSPS) is 12.8. The SMILES string of the molecule is Cc1ccc(/C=C(/C#N)C(=O)c2ccc3c(c2)OCO3)cc1. The van der Waals surface area contributed by atoms with Crippen molar-refractivity contribution in [2.45, 2.75) is 6.92 Å². The lowest BCUT2D eigenvalue weighted by atomic mass is 10.0. The van der Waals surface area contributed by atoms with Gasteiger partial charge in [0, 0.05) is 5.56 Å². The molecule has 1 aliphatic heterocycles. The molecule has 4 heteroatoms. The number of ether oxygens (including phenoxy) is 2. The smallest absolute Gasteiger partial charge is 0.231 e. The molecule has 0 N–H and O–H groups in total. The van der Waals surface area contributed by atoms with Crippen molar-refractivity contribution in [3.63, 3.8) is 0 Å². The zero-order chi connectivity index (χ0) is 15.5. The molecule has 0 amide bonds. The molecule has 0 aromatic heterocycles. The standard InChI is InChI=1S/C18H13NO3/c1-12-2-4-13(5-3-12)8-15(10-19)18(20)14-6-7-16-17(9-14)22-11-21-16/h2-9H,11H2,1H3/b15-8-. The summed E-state index contributed by atoms with van der Waals surface area (Å²) in [5, 5.41) is 9.27. The maximum Gasteiger partial charge on any atom is 0.231 e. The van der Waals surface area contributed by atoms with E-state index < -0.39 is 0 Å². The summed E-state index contributed by atoms with van der Waals surface area (Å²) in [6.45, 7) is 2.13. The molecular formula is C18H13NO3. The molecule has 108 valence electrons. The lowest BCUT2D eigenvalue weighted by Gasteiger charge is -2.02. The highest BCUT2D eigenvalue weighted by Gasteiger charge is 2.18. The van der Waals surface area contributed by atoms with Gasteiger partial charge in [-0.05, 0) is 36.8 Å². The number of hydrogen-bond acceptors (Lipinski definition) is 4. The van der Waals surface area contributed by atoms with Gasteiger partial charge in [0.15, 0.2) is 11.5 Å². The van der Waals surface area contributed by atoms with E-state index in [-0.39, 0.29) is 18.1 Å². The topological polar surface area (TPSA) is 59.3 Å². The molecule has 2 aromatic rings. The van der Waals surface area contributed by atoms with Gasteiger partial charge < -0.3 is 9.47 Å². The Morgan fingerprint density at radius 1 is 1.14 bits per heavy atom. The van der Waals surface area contributed by atoms with Gasteiger partial charge in [-0.15, -0.1) is 0 Å². The lowest BCUT2D eigenvalue weighted by molar-refractivity contribution is 0.103. The van der Waals surface area contributed by atoms with E-state index in [0.717, 1.165) is 11.1 Å². The first-order valence-corrected chi connectivity index (χ1v) is 6.80. The first kappa shape index (κ1) is 13.9. The van der Waals surface area contributed by atoms with Crippen molar-refractivity contribution in [1.29, 1.82) is 5.26 Å². The second-order valence-corrected chi connectivity index (χ2v) is 4.98. The molecule has 4 nitrogen and oxygen atoms in total. The van der Waals surface area contributed by atoms with E-state index in [1.807, 2.05) is 37.3 Å². The third-order valence-corrected chi connectivity index (χ3v) is 3.39. The number of hydrogen-bond donors (Lipinski definition) is 0. The van der Waals surface area contributed by atoms with Crippen molar-refractivity contribution >= 4 is 11.9 Å². The minimum Gasteiger partial charge on any atom is -0.454 e. The van der Waals surface area contributed by atoms with E-state index in [9.17, 15) is 10.1 Å². The van der Waals surface area contributed by atoms with Gasteiger partial charge in [-0.1, -0.05) is 29.8 Å². The number of fused-ring (bicyclic) bond motifs is 1. The van der Waals surface area contributed by atoms with E-state index in [4.69, 9.17) is 9.47 Å². The van der Waals surface area contributed by atoms with E-state index in [0.29, 0.717) is 17.1 Å². The third-order valence-electron chi connectivity index (χ3n) is 3.39. The Labute approximate surface area is 128 Å². The molecule has 0 aliphatic carbocycles. The molecule has 1 heterocycles. The highest BCUT2D eigenvalue weighted by molar-refractivity contribution is 6.14. The average Bonchev–Trinajstić information content (AvgIpc) is 3.01. The van der Waals surface area contributed by atoms with Crippen LogP contribution in [-0.4, -0.2) is 12.6 Å². The van der Waals surface area contributed by atoms with E-state index in [1.165, 1.54) is 0 Å². The van der Waals surface area contributed by atoms with E-state index >= 15 is 0 Å². The monoisotopic (exact) mass is 291 g/mol. The molecule has 0 atom stereocenters. The van der Waals surface area contributed by atoms with E-state index in [1.54, 1.807) is 24.3 Å². The van der Waals surface area contributed by atoms with Crippen molar-refractivity contribution < 1.29 is 14.3 Å². The average molecular weight is 291 g/mol. The van der Waals surface area contributed by atoms with Crippen LogP contribution in [0.3, 0.4) is 0 Å². The van der Waals surface area contributed by atoms with Crippen molar-refractivity contribution in [2.24, 2.45) is 0 Å². The second-order valence-electron chi connectivity index (χ2n) is 4.98. The summed E-state index contributed by atoms with van der Waals surface area (Å²) in [6, 6.07) is 14.5. The van der Waals surface area contributed by atoms with Crippen LogP contribution in [0.15, 0.2) is 48.0 Å². The van der Waals surface area contributed by atoms with Crippen molar-refractivity contribution in [3.05, 3.63) is 64.7 Å². The lowest BCUT2D eigenvalue weighted by Crippen LogP contribution is -2.02. The van der Waals surface area contributed by atoms with Crippen molar-refractivity contribution in [3.8, 4) is 17.6 Å². The first-order valence-electron chi connectivity index (χ1n) is 6.80. The summed E-state index contributed by atoms with van der Waals surface area (Å²) in [5.41, 5.74) is 2.43. The van der Waals surface area contributed by atoms with Crippen molar-refractivity contribution in [1.82, 2.24) is 0 Å². The largest absolute Gasteiger partial charge is 0.454 e. The fourth-order valence-corrected chi connectivity index (χ4v) is 2.17. The van der Waals surface area contributed by atoms with Gasteiger partial charge in [-0.25, -0.2) is 0 Å². The Hall–Kier alpha value is -3.06. The van der Waals surface area contributed by atoms with Gasteiger partial charge in [0.05, 0.1) is 0 Å². The highest BCUT2D eigenvalue weighted by Crippen LogP contribution is 2.33. The molecule has 0 spiro atoms. The maximum atomic E-state index is 12.5. The minimum absolute atomic E-state index is 0.0859. The van der Waals surface area contributed by atoms with Crippen LogP contribution in [0.4, 0.5) is 0 Å². The highest BCUT2D eigenvalue weighted by atomic mass is 16.7. The van der Waals surface area contributed by atoms with Crippen LogP contribution >= 0.6 is 0 Å². The Morgan fingerprint density at radius 3 is 2.59 bits per heavy atom. The van der Waals surface area contributed by atoms with Crippen LogP contribution in [-0.2, 0) is 0 Å². The predicted octanol–water partition coefficient (Wildman–Crippen LogP) is 3.51. The zero-order valence-corrected chi connectivity index (χ0v) is 12.0. The summed E-state index contributed by atoms with van der Waals surface area (Å²) >= 11 is 0. The van der Waals surface area contributed by atoms with Gasteiger partial charge in [-0.3, -0.25) is 4.79 Å². The predicted molar refractivity (Wildman–Crippen MR) is 81.7 cm³/mol. The first-order chi connectivity index (χ1) is 10.7. The third kappa shape index (κ3) is 2.70. The molecule has 22 heavy (non-hydrogen) atoms. The summed E-state index contributed by atoms with van der Waals surface area (Å²) in [5.74, 6) is 0.803. The van der Waals surface area contributed by atoms with Crippen LogP contribution in [0.25, 0.3) is 6.08 Å². The number of rotatable bonds is 3. The summed E-state index contributed by atoms with van der Waals surface area (Å²) in [7, 11) is 0. The van der Waals surface area contributed by atoms with Gasteiger partial charge in [0.1, 0.15) is 11.6 Å². The van der Waals surface area contributed by atoms with Crippen LogP contribution in [0.5, 0.6) is 11.5 Å². The van der Waals surface area contributed by atoms with Crippen LogP contribution in [0, 0.1) is 18.3 Å². The number of allylic oxidation sites excluding steroid dienone is 1. The number of aryl methyl sites for hydroxylation is 1. The number of nitriles is 1. The van der Waals surface area contributed by atoms with Gasteiger partial charge in [-0.2, -0.15) is 5.26 Å². The fraction of sp³-hybridized carbons (Fsp3) is 0.111. The molecule has 0 saturated carbocycles. The Bertz CT molecular complexity index is 798. The number of nitrogens with zero attached hydrogens (tertiary/aromatic N) is 1. The quantitative estimate of drug-likeness (QED) is 0.493. The molecule has 0 unspecified atom stereocenters. The fourth-order valence-electron chi connectivity index (χ4n) is 2.17. The van der Waals surface area contributed by atoms with Gasteiger partial charge >= 0.3 is 0 Å². The van der Waals surface area contributed by atoms with Gasteiger partial charge in [0.2, 0.25) is 12.6 Å². The molecule has 0 radical (unpaired) electrons. The number of Topliss-reactive ketones (excluding diaryl/α,β-unsaturated/α-hetero) is 1. The number of ketones is 1. The van der Waals surface area contributed by atoms with Gasteiger partial charge in [0.25, 0.3) is 0 Å². The maximum absolute atomic E-state index is 12.5.